The van der Waals surface area contributed by atoms with Gasteiger partial charge in [-0.1, -0.05) is 52.8 Å². The van der Waals surface area contributed by atoms with Gasteiger partial charge in [0.15, 0.2) is 0 Å². The summed E-state index contributed by atoms with van der Waals surface area (Å²) < 4.78 is 57.9. The third-order valence-corrected chi connectivity index (χ3v) is 6.42. The highest BCUT2D eigenvalue weighted by Gasteiger charge is 2.43. The van der Waals surface area contributed by atoms with Crippen LogP contribution >= 0.6 is 0 Å². The maximum absolute atomic E-state index is 14.0. The molecule has 0 saturated heterocycles. The first-order chi connectivity index (χ1) is 18.5. The average molecular weight is 544 g/mol. The maximum Gasteiger partial charge on any atom is 0.422 e. The number of hydrogen-bond acceptors (Lipinski definition) is 9. The standard InChI is InChI=1S/C26H23F3N4O6/c1-25(2,24(35)36)12-30-16-11-37-17-10-14(8-9-15(17)20(16)34)22-31-23(39-33-22)21-18(26(27,28)29)19(32-38-21)13-6-4-3-5-7-13/h3-10,16,20,30,34H,11-12H2,1-2H3,(H,35,36). The van der Waals surface area contributed by atoms with Crippen molar-refractivity contribution in [1.82, 2.24) is 20.6 Å². The molecule has 2 aromatic carbocycles. The second-order valence-corrected chi connectivity index (χ2v) is 9.71. The van der Waals surface area contributed by atoms with E-state index in [0.29, 0.717) is 16.9 Å². The van der Waals surface area contributed by atoms with Crippen molar-refractivity contribution in [3.05, 3.63) is 59.7 Å². The molecule has 0 fully saturated rings. The Bertz CT molecular complexity index is 1500. The monoisotopic (exact) mass is 544 g/mol. The molecule has 3 N–H and O–H groups in total. The molecule has 5 rings (SSSR count). The molecule has 0 aliphatic carbocycles. The second kappa shape index (κ2) is 9.82. The maximum atomic E-state index is 14.0. The third kappa shape index (κ3) is 5.10. The van der Waals surface area contributed by atoms with E-state index in [-0.39, 0.29) is 24.5 Å². The van der Waals surface area contributed by atoms with Gasteiger partial charge in [-0.2, -0.15) is 18.2 Å². The molecule has 3 heterocycles. The number of nitrogens with zero attached hydrogens (tertiary/aromatic N) is 3. The van der Waals surface area contributed by atoms with Crippen molar-refractivity contribution < 1.29 is 42.0 Å². The van der Waals surface area contributed by atoms with E-state index in [9.17, 15) is 28.2 Å². The van der Waals surface area contributed by atoms with Gasteiger partial charge in [0.25, 0.3) is 5.89 Å². The van der Waals surface area contributed by atoms with Gasteiger partial charge in [-0.05, 0) is 19.9 Å². The quantitative estimate of drug-likeness (QED) is 0.303. The van der Waals surface area contributed by atoms with Crippen LogP contribution in [-0.2, 0) is 11.0 Å². The van der Waals surface area contributed by atoms with Gasteiger partial charge in [0.1, 0.15) is 29.7 Å². The van der Waals surface area contributed by atoms with E-state index >= 15 is 0 Å². The van der Waals surface area contributed by atoms with Crippen LogP contribution in [0.25, 0.3) is 34.3 Å². The zero-order valence-electron chi connectivity index (χ0n) is 20.7. The molecule has 0 amide bonds. The molecule has 0 bridgehead atoms. The highest BCUT2D eigenvalue weighted by atomic mass is 19.4. The number of hydrogen-bond donors (Lipinski definition) is 3. The van der Waals surface area contributed by atoms with Crippen LogP contribution in [0, 0.1) is 5.41 Å². The number of carboxylic acid groups (broad SMARTS) is 1. The Hall–Kier alpha value is -4.23. The summed E-state index contributed by atoms with van der Waals surface area (Å²) in [4.78, 5) is 15.4. The van der Waals surface area contributed by atoms with Gasteiger partial charge in [0.2, 0.25) is 11.6 Å². The molecule has 1 aliphatic rings. The Balaban J connectivity index is 1.40. The smallest absolute Gasteiger partial charge is 0.422 e. The van der Waals surface area contributed by atoms with Gasteiger partial charge in [-0.25, -0.2) is 0 Å². The Kier molecular flexibility index (Phi) is 6.64. The highest BCUT2D eigenvalue weighted by Crippen LogP contribution is 2.43. The second-order valence-electron chi connectivity index (χ2n) is 9.71. The zero-order valence-corrected chi connectivity index (χ0v) is 20.7. The summed E-state index contributed by atoms with van der Waals surface area (Å²) in [6.07, 6.45) is -5.80. The number of halogens is 3. The molecule has 0 radical (unpaired) electrons. The van der Waals surface area contributed by atoms with Crippen LogP contribution in [0.4, 0.5) is 13.2 Å². The minimum atomic E-state index is -4.81. The van der Waals surface area contributed by atoms with Crippen molar-refractivity contribution in [2.75, 3.05) is 13.2 Å². The lowest BCUT2D eigenvalue weighted by molar-refractivity contribution is -0.146. The van der Waals surface area contributed by atoms with E-state index in [1.54, 1.807) is 44.2 Å². The lowest BCUT2D eigenvalue weighted by atomic mass is 9.92. The number of benzene rings is 2. The van der Waals surface area contributed by atoms with Crippen LogP contribution in [0.3, 0.4) is 0 Å². The van der Waals surface area contributed by atoms with Crippen molar-refractivity contribution in [3.63, 3.8) is 0 Å². The number of alkyl halides is 3. The average Bonchev–Trinajstić information content (AvgIpc) is 3.56. The Morgan fingerprint density at radius 2 is 1.82 bits per heavy atom. The number of aliphatic carboxylic acids is 1. The predicted molar refractivity (Wildman–Crippen MR) is 129 cm³/mol. The van der Waals surface area contributed by atoms with E-state index in [0.717, 1.165) is 0 Å². The lowest BCUT2D eigenvalue weighted by Crippen LogP contribution is -2.47. The Morgan fingerprint density at radius 3 is 2.51 bits per heavy atom. The lowest BCUT2D eigenvalue weighted by Gasteiger charge is -2.33. The fourth-order valence-corrected chi connectivity index (χ4v) is 4.09. The number of carboxylic acids is 1. The first-order valence-corrected chi connectivity index (χ1v) is 11.8. The molecule has 2 aromatic heterocycles. The number of carbonyl (C=O) groups is 1. The van der Waals surface area contributed by atoms with Crippen molar-refractivity contribution in [3.8, 4) is 40.0 Å². The van der Waals surface area contributed by atoms with E-state index in [2.05, 4.69) is 20.6 Å². The van der Waals surface area contributed by atoms with E-state index in [1.165, 1.54) is 18.2 Å². The van der Waals surface area contributed by atoms with Gasteiger partial charge in [-0.15, -0.1) is 0 Å². The van der Waals surface area contributed by atoms with Gasteiger partial charge in [-0.3, -0.25) is 4.79 Å². The summed E-state index contributed by atoms with van der Waals surface area (Å²) in [7, 11) is 0. The summed E-state index contributed by atoms with van der Waals surface area (Å²) in [6.45, 7) is 3.30. The summed E-state index contributed by atoms with van der Waals surface area (Å²) >= 11 is 0. The number of aromatic nitrogens is 3. The van der Waals surface area contributed by atoms with Crippen molar-refractivity contribution in [2.45, 2.75) is 32.2 Å². The number of aliphatic hydroxyl groups excluding tert-OH is 1. The van der Waals surface area contributed by atoms with Crippen LogP contribution < -0.4 is 10.1 Å². The van der Waals surface area contributed by atoms with E-state index in [1.807, 2.05) is 0 Å². The Labute approximate surface area is 219 Å². The molecule has 1 aliphatic heterocycles. The minimum absolute atomic E-state index is 0.0277. The van der Waals surface area contributed by atoms with Gasteiger partial charge < -0.3 is 29.3 Å². The molecule has 0 spiro atoms. The number of ether oxygens (including phenoxy) is 1. The fourth-order valence-electron chi connectivity index (χ4n) is 4.09. The summed E-state index contributed by atoms with van der Waals surface area (Å²) in [5.74, 6) is -1.89. The third-order valence-electron chi connectivity index (χ3n) is 6.42. The summed E-state index contributed by atoms with van der Waals surface area (Å²) in [6, 6.07) is 11.9. The number of aliphatic hydroxyl groups is 1. The molecule has 0 saturated carbocycles. The topological polar surface area (TPSA) is 144 Å². The highest BCUT2D eigenvalue weighted by molar-refractivity contribution is 5.74. The number of rotatable bonds is 7. The molecule has 2 unspecified atom stereocenters. The number of fused-ring (bicyclic) bond motifs is 1. The fraction of sp³-hybridized carbons (Fsp3) is 0.308. The Morgan fingerprint density at radius 1 is 1.08 bits per heavy atom. The first-order valence-electron chi connectivity index (χ1n) is 11.8. The minimum Gasteiger partial charge on any atom is -0.491 e. The first kappa shape index (κ1) is 26.4. The van der Waals surface area contributed by atoms with Crippen LogP contribution in [-0.4, -0.2) is 50.7 Å². The molecular formula is C26H23F3N4O6. The zero-order chi connectivity index (χ0) is 27.9. The largest absolute Gasteiger partial charge is 0.491 e. The van der Waals surface area contributed by atoms with Crippen molar-refractivity contribution in [2.24, 2.45) is 5.41 Å². The molecule has 13 heteroatoms. The molecule has 10 nitrogen and oxygen atoms in total. The number of nitrogens with one attached hydrogen (secondary N) is 1. The van der Waals surface area contributed by atoms with Gasteiger partial charge in [0, 0.05) is 23.2 Å². The van der Waals surface area contributed by atoms with Crippen molar-refractivity contribution in [1.29, 1.82) is 0 Å². The summed E-state index contributed by atoms with van der Waals surface area (Å²) in [5.41, 5.74) is -1.55. The predicted octanol–water partition coefficient (Wildman–Crippen LogP) is 4.57. The summed E-state index contributed by atoms with van der Waals surface area (Å²) in [5, 5.41) is 30.5. The van der Waals surface area contributed by atoms with Crippen LogP contribution in [0.1, 0.15) is 31.1 Å². The van der Waals surface area contributed by atoms with Crippen LogP contribution in [0.5, 0.6) is 5.75 Å². The van der Waals surface area contributed by atoms with Crippen LogP contribution in [0.15, 0.2) is 57.6 Å². The molecule has 2 atom stereocenters. The molecule has 204 valence electrons. The van der Waals surface area contributed by atoms with Gasteiger partial charge >= 0.3 is 12.1 Å². The normalized spacial score (nSPS) is 17.5. The molecule has 39 heavy (non-hydrogen) atoms. The molecular weight excluding hydrogens is 521 g/mol. The van der Waals surface area contributed by atoms with Gasteiger partial charge in [0.05, 0.1) is 11.5 Å². The SMILES string of the molecule is CC(C)(CNC1COc2cc(-c3noc(-c4onc(-c5ccccc5)c4C(F)(F)F)n3)ccc2C1O)C(=O)O. The van der Waals surface area contributed by atoms with Crippen LogP contribution in [0.2, 0.25) is 0 Å². The van der Waals surface area contributed by atoms with Crippen molar-refractivity contribution >= 4 is 5.97 Å². The van der Waals surface area contributed by atoms with E-state index < -0.39 is 52.6 Å². The van der Waals surface area contributed by atoms with E-state index in [4.69, 9.17) is 13.8 Å². The molecule has 4 aromatic rings.